The Morgan fingerprint density at radius 2 is 1.36 bits per heavy atom. The maximum Gasteiger partial charge on any atom is 0.196 e. The normalized spacial score (nSPS) is 9.79. The predicted octanol–water partition coefficient (Wildman–Crippen LogP) is -0.400. The summed E-state index contributed by atoms with van der Waals surface area (Å²) in [6.07, 6.45) is 0. The largest absolute Gasteiger partial charge is 0.407 e. The van der Waals surface area contributed by atoms with Gasteiger partial charge in [-0.2, -0.15) is 5.90 Å². The second-order valence-electron chi connectivity index (χ2n) is 2.61. The average molecular weight is 196 g/mol. The van der Waals surface area contributed by atoms with Gasteiger partial charge in [-0.3, -0.25) is 4.99 Å². The van der Waals surface area contributed by atoms with Crippen LogP contribution in [0.4, 0.5) is 28.4 Å². The number of hydrogen-bond donors (Lipinski definition) is 5. The first kappa shape index (κ1) is 9.93. The fourth-order valence-corrected chi connectivity index (χ4v) is 1.09. The van der Waals surface area contributed by atoms with Crippen LogP contribution in [0.1, 0.15) is 0 Å². The van der Waals surface area contributed by atoms with Crippen molar-refractivity contribution in [2.24, 2.45) is 10.9 Å². The third kappa shape index (κ3) is 1.15. The predicted molar refractivity (Wildman–Crippen MR) is 58.1 cm³/mol. The second-order valence-corrected chi connectivity index (χ2v) is 2.61. The molecule has 1 rings (SSSR count). The summed E-state index contributed by atoms with van der Waals surface area (Å²) in [5.74, 6) is 5.01. The number of aliphatic imine (C=N–C) groups is 1. The van der Waals surface area contributed by atoms with Gasteiger partial charge in [-0.15, -0.1) is 0 Å². The van der Waals surface area contributed by atoms with E-state index in [0.29, 0.717) is 0 Å². The second kappa shape index (κ2) is 3.30. The van der Waals surface area contributed by atoms with Crippen LogP contribution in [0, 0.1) is 0 Å². The minimum atomic E-state index is 0.0485. The molecular formula is C7H12N6O. The van der Waals surface area contributed by atoms with Gasteiger partial charge in [-0.1, -0.05) is 0 Å². The summed E-state index contributed by atoms with van der Waals surface area (Å²) in [5, 5.41) is 0. The topological polar surface area (TPSA) is 152 Å². The zero-order valence-electron chi connectivity index (χ0n) is 7.45. The third-order valence-electron chi connectivity index (χ3n) is 1.86. The highest BCUT2D eigenvalue weighted by Gasteiger charge is 2.17. The van der Waals surface area contributed by atoms with Gasteiger partial charge < -0.3 is 27.8 Å². The van der Waals surface area contributed by atoms with Crippen LogP contribution in [0.15, 0.2) is 4.99 Å². The van der Waals surface area contributed by atoms with Crippen molar-refractivity contribution in [2.75, 3.05) is 22.9 Å². The first-order valence-corrected chi connectivity index (χ1v) is 3.63. The first-order valence-electron chi connectivity index (χ1n) is 3.63. The van der Waals surface area contributed by atoms with E-state index in [-0.39, 0.29) is 34.2 Å². The van der Waals surface area contributed by atoms with E-state index in [0.717, 1.165) is 0 Å². The van der Waals surface area contributed by atoms with E-state index in [1.807, 2.05) is 0 Å². The molecule has 1 aromatic rings. The van der Waals surface area contributed by atoms with Crippen LogP contribution in [0.5, 0.6) is 5.75 Å². The molecule has 0 spiro atoms. The van der Waals surface area contributed by atoms with Crippen LogP contribution in [-0.4, -0.2) is 6.72 Å². The van der Waals surface area contributed by atoms with E-state index < -0.39 is 0 Å². The Hall–Kier alpha value is -2.15. The van der Waals surface area contributed by atoms with Crippen LogP contribution in [0.25, 0.3) is 0 Å². The summed E-state index contributed by atoms with van der Waals surface area (Å²) in [6, 6.07) is 0. The highest BCUT2D eigenvalue weighted by atomic mass is 16.6. The number of nitrogen functional groups attached to an aromatic ring is 4. The summed E-state index contributed by atoms with van der Waals surface area (Å²) >= 11 is 0. The molecule has 0 atom stereocenters. The molecule has 0 heterocycles. The molecule has 0 aliphatic heterocycles. The number of rotatable bonds is 2. The Kier molecular flexibility index (Phi) is 2.34. The van der Waals surface area contributed by atoms with Crippen molar-refractivity contribution in [3.8, 4) is 5.75 Å². The first-order chi connectivity index (χ1) is 6.54. The summed E-state index contributed by atoms with van der Waals surface area (Å²) in [7, 11) is 0. The fourth-order valence-electron chi connectivity index (χ4n) is 1.09. The molecule has 0 unspecified atom stereocenters. The van der Waals surface area contributed by atoms with Crippen LogP contribution in [0.3, 0.4) is 0 Å². The number of anilines is 4. The Labute approximate surface area is 80.5 Å². The molecule has 7 nitrogen and oxygen atoms in total. The van der Waals surface area contributed by atoms with Crippen LogP contribution in [-0.2, 0) is 0 Å². The zero-order chi connectivity index (χ0) is 10.9. The van der Waals surface area contributed by atoms with E-state index >= 15 is 0 Å². The summed E-state index contributed by atoms with van der Waals surface area (Å²) in [6.45, 7) is 3.30. The Balaban J connectivity index is 3.63. The molecule has 0 bridgehead atoms. The highest BCUT2D eigenvalue weighted by Crippen LogP contribution is 2.46. The number of hydrogen-bond acceptors (Lipinski definition) is 7. The van der Waals surface area contributed by atoms with Gasteiger partial charge in [-0.25, -0.2) is 0 Å². The molecule has 0 saturated heterocycles. The van der Waals surface area contributed by atoms with Crippen LogP contribution < -0.4 is 33.7 Å². The van der Waals surface area contributed by atoms with E-state index in [4.69, 9.17) is 28.8 Å². The summed E-state index contributed by atoms with van der Waals surface area (Å²) in [4.78, 5) is 8.08. The molecule has 0 radical (unpaired) electrons. The lowest BCUT2D eigenvalue weighted by Gasteiger charge is -2.14. The fraction of sp³-hybridized carbons (Fsp3) is 0. The highest BCUT2D eigenvalue weighted by molar-refractivity contribution is 5.98. The van der Waals surface area contributed by atoms with Gasteiger partial charge in [0.2, 0.25) is 0 Å². The quantitative estimate of drug-likeness (QED) is 0.246. The van der Waals surface area contributed by atoms with Crippen molar-refractivity contribution >= 4 is 35.2 Å². The van der Waals surface area contributed by atoms with Crippen molar-refractivity contribution in [3.63, 3.8) is 0 Å². The molecule has 10 N–H and O–H groups in total. The van der Waals surface area contributed by atoms with Gasteiger partial charge in [0.1, 0.15) is 17.1 Å². The van der Waals surface area contributed by atoms with Crippen LogP contribution in [0.2, 0.25) is 0 Å². The molecule has 0 aliphatic rings. The third-order valence-corrected chi connectivity index (χ3v) is 1.86. The van der Waals surface area contributed by atoms with Gasteiger partial charge in [0.25, 0.3) is 0 Å². The Bertz CT molecular complexity index is 359. The van der Waals surface area contributed by atoms with Gasteiger partial charge >= 0.3 is 0 Å². The monoisotopic (exact) mass is 196 g/mol. The lowest BCUT2D eigenvalue weighted by molar-refractivity contribution is 0.338. The molecule has 0 amide bonds. The SMILES string of the molecule is C=Nc1c(N)c(N)c(ON)c(N)c1N. The number of nitrogens with two attached hydrogens (primary N) is 5. The Morgan fingerprint density at radius 1 is 0.929 bits per heavy atom. The van der Waals surface area contributed by atoms with Crippen LogP contribution >= 0.6 is 0 Å². The van der Waals surface area contributed by atoms with Crippen molar-refractivity contribution in [2.45, 2.75) is 0 Å². The molecule has 76 valence electrons. The number of benzene rings is 1. The van der Waals surface area contributed by atoms with Crippen molar-refractivity contribution in [1.29, 1.82) is 0 Å². The Morgan fingerprint density at radius 3 is 1.64 bits per heavy atom. The van der Waals surface area contributed by atoms with Gasteiger partial charge in [0.05, 0.1) is 11.4 Å². The molecule has 0 fully saturated rings. The van der Waals surface area contributed by atoms with Crippen molar-refractivity contribution in [3.05, 3.63) is 0 Å². The van der Waals surface area contributed by atoms with E-state index in [1.165, 1.54) is 0 Å². The molecule has 1 aromatic carbocycles. The number of nitrogens with zero attached hydrogens (tertiary/aromatic N) is 1. The van der Waals surface area contributed by atoms with E-state index in [1.54, 1.807) is 0 Å². The van der Waals surface area contributed by atoms with E-state index in [2.05, 4.69) is 16.5 Å². The van der Waals surface area contributed by atoms with E-state index in [9.17, 15) is 0 Å². The molecule has 7 heteroatoms. The van der Waals surface area contributed by atoms with Crippen molar-refractivity contribution < 1.29 is 4.84 Å². The lowest BCUT2D eigenvalue weighted by atomic mass is 10.1. The van der Waals surface area contributed by atoms with Gasteiger partial charge in [0, 0.05) is 0 Å². The smallest absolute Gasteiger partial charge is 0.196 e. The van der Waals surface area contributed by atoms with Gasteiger partial charge in [0.15, 0.2) is 5.75 Å². The maximum atomic E-state index is 5.61. The van der Waals surface area contributed by atoms with Gasteiger partial charge in [-0.05, 0) is 6.72 Å². The minimum absolute atomic E-state index is 0.0485. The van der Waals surface area contributed by atoms with Crippen molar-refractivity contribution in [1.82, 2.24) is 0 Å². The molecular weight excluding hydrogens is 184 g/mol. The summed E-state index contributed by atoms with van der Waals surface area (Å²) in [5.41, 5.74) is 23.1. The molecule has 14 heavy (non-hydrogen) atoms. The average Bonchev–Trinajstić information content (AvgIpc) is 2.17. The summed E-state index contributed by atoms with van der Waals surface area (Å²) < 4.78 is 0. The standard InChI is InChI=1S/C7H12N6O/c1-13-6-2(8)4(10)7(14-12)5(11)3(6)9/h1,8-12H2. The maximum absolute atomic E-state index is 5.61. The molecule has 0 aliphatic carbocycles. The minimum Gasteiger partial charge on any atom is -0.407 e. The zero-order valence-corrected chi connectivity index (χ0v) is 7.45. The molecule has 0 aromatic heterocycles. The lowest BCUT2D eigenvalue weighted by Crippen LogP contribution is -2.11. The molecule has 0 saturated carbocycles.